The smallest absolute Gasteiger partial charge is 0.152 e. The van der Waals surface area contributed by atoms with Crippen molar-refractivity contribution in [3.8, 4) is 0 Å². The summed E-state index contributed by atoms with van der Waals surface area (Å²) in [5.74, 6) is 0.813. The maximum absolute atomic E-state index is 6.24. The Kier molecular flexibility index (Phi) is 3.71. The van der Waals surface area contributed by atoms with Crippen LogP contribution in [0.1, 0.15) is 47.2 Å². The van der Waals surface area contributed by atoms with Crippen molar-refractivity contribution in [2.45, 2.75) is 57.9 Å². The molecular weight excluding hydrogens is 272 g/mol. The summed E-state index contributed by atoms with van der Waals surface area (Å²) in [6.45, 7) is 12.6. The lowest BCUT2D eigenvalue weighted by Crippen LogP contribution is -2.39. The van der Waals surface area contributed by atoms with Crippen molar-refractivity contribution in [1.82, 2.24) is 14.6 Å². The number of anilines is 1. The van der Waals surface area contributed by atoms with Crippen LogP contribution in [0.25, 0.3) is 5.52 Å². The molecule has 0 aliphatic rings. The molecule has 0 saturated carbocycles. The summed E-state index contributed by atoms with van der Waals surface area (Å²) < 4.78 is 1.87. The summed E-state index contributed by atoms with van der Waals surface area (Å²) in [5, 5.41) is 8.03. The van der Waals surface area contributed by atoms with Crippen molar-refractivity contribution in [3.63, 3.8) is 0 Å². The number of nitrogens with one attached hydrogen (secondary N) is 1. The highest BCUT2D eigenvalue weighted by Crippen LogP contribution is 2.27. The SMILES string of the molecule is CC(Cl)C(C)(C)Nc1nccn2nc(C(C)(C)C)cc12. The monoisotopic (exact) mass is 294 g/mol. The van der Waals surface area contributed by atoms with Crippen LogP contribution in [0, 0.1) is 0 Å². The topological polar surface area (TPSA) is 42.2 Å². The fourth-order valence-electron chi connectivity index (χ4n) is 1.79. The maximum atomic E-state index is 6.24. The second kappa shape index (κ2) is 4.92. The van der Waals surface area contributed by atoms with Crippen LogP contribution in [0.4, 0.5) is 5.82 Å². The first-order chi connectivity index (χ1) is 9.11. The first-order valence-corrected chi connectivity index (χ1v) is 7.32. The molecule has 0 fully saturated rings. The number of nitrogens with zero attached hydrogens (tertiary/aromatic N) is 3. The van der Waals surface area contributed by atoms with E-state index >= 15 is 0 Å². The molecule has 2 aromatic heterocycles. The first kappa shape index (κ1) is 15.1. The van der Waals surface area contributed by atoms with Crippen LogP contribution in [0.3, 0.4) is 0 Å². The fraction of sp³-hybridized carbons (Fsp3) is 0.600. The lowest BCUT2D eigenvalue weighted by Gasteiger charge is -2.29. The molecule has 4 nitrogen and oxygen atoms in total. The van der Waals surface area contributed by atoms with E-state index in [4.69, 9.17) is 11.6 Å². The number of aromatic nitrogens is 3. The number of hydrogen-bond acceptors (Lipinski definition) is 3. The van der Waals surface area contributed by atoms with E-state index in [0.29, 0.717) is 0 Å². The number of alkyl halides is 1. The molecule has 2 rings (SSSR count). The quantitative estimate of drug-likeness (QED) is 0.875. The molecule has 0 saturated heterocycles. The predicted molar refractivity (Wildman–Crippen MR) is 84.7 cm³/mol. The van der Waals surface area contributed by atoms with Crippen molar-refractivity contribution in [1.29, 1.82) is 0 Å². The number of rotatable bonds is 3. The van der Waals surface area contributed by atoms with E-state index in [2.05, 4.69) is 56.1 Å². The third-order valence-electron chi connectivity index (χ3n) is 3.59. The highest BCUT2D eigenvalue weighted by molar-refractivity contribution is 6.21. The third kappa shape index (κ3) is 2.90. The highest BCUT2D eigenvalue weighted by Gasteiger charge is 2.26. The summed E-state index contributed by atoms with van der Waals surface area (Å²) in [6, 6.07) is 2.09. The van der Waals surface area contributed by atoms with Crippen molar-refractivity contribution >= 4 is 22.9 Å². The Morgan fingerprint density at radius 1 is 1.25 bits per heavy atom. The van der Waals surface area contributed by atoms with Gasteiger partial charge in [0.2, 0.25) is 0 Å². The van der Waals surface area contributed by atoms with Crippen molar-refractivity contribution in [2.75, 3.05) is 5.32 Å². The van der Waals surface area contributed by atoms with Gasteiger partial charge in [0, 0.05) is 23.3 Å². The zero-order valence-corrected chi connectivity index (χ0v) is 13.8. The average Bonchev–Trinajstić information content (AvgIpc) is 2.73. The molecule has 0 amide bonds. The number of halogens is 1. The second-order valence-corrected chi connectivity index (χ2v) is 7.50. The van der Waals surface area contributed by atoms with Crippen molar-refractivity contribution in [2.24, 2.45) is 0 Å². The Morgan fingerprint density at radius 2 is 1.90 bits per heavy atom. The van der Waals surface area contributed by atoms with Gasteiger partial charge in [0.25, 0.3) is 0 Å². The van der Waals surface area contributed by atoms with Gasteiger partial charge in [-0.3, -0.25) is 0 Å². The van der Waals surface area contributed by atoms with E-state index in [1.807, 2.05) is 17.6 Å². The van der Waals surface area contributed by atoms with Crippen LogP contribution in [-0.2, 0) is 5.41 Å². The first-order valence-electron chi connectivity index (χ1n) is 6.88. The van der Waals surface area contributed by atoms with Crippen LogP contribution in [-0.4, -0.2) is 25.5 Å². The minimum atomic E-state index is -0.247. The van der Waals surface area contributed by atoms with Gasteiger partial charge >= 0.3 is 0 Å². The van der Waals surface area contributed by atoms with Gasteiger partial charge in [-0.15, -0.1) is 11.6 Å². The normalized spacial score (nSPS) is 14.6. The molecule has 0 radical (unpaired) electrons. The molecule has 110 valence electrons. The molecule has 20 heavy (non-hydrogen) atoms. The molecule has 1 unspecified atom stereocenters. The molecule has 1 atom stereocenters. The largest absolute Gasteiger partial charge is 0.362 e. The van der Waals surface area contributed by atoms with Crippen LogP contribution in [0.2, 0.25) is 0 Å². The molecule has 0 spiro atoms. The Morgan fingerprint density at radius 3 is 2.45 bits per heavy atom. The van der Waals surface area contributed by atoms with Crippen LogP contribution in [0.5, 0.6) is 0 Å². The van der Waals surface area contributed by atoms with Crippen molar-refractivity contribution in [3.05, 3.63) is 24.2 Å². The van der Waals surface area contributed by atoms with E-state index < -0.39 is 0 Å². The van der Waals surface area contributed by atoms with Crippen molar-refractivity contribution < 1.29 is 0 Å². The van der Waals surface area contributed by atoms with E-state index in [-0.39, 0.29) is 16.3 Å². The van der Waals surface area contributed by atoms with Gasteiger partial charge in [-0.25, -0.2) is 9.50 Å². The summed E-state index contributed by atoms with van der Waals surface area (Å²) in [5.41, 5.74) is 1.79. The Balaban J connectivity index is 2.47. The van der Waals surface area contributed by atoms with Crippen LogP contribution < -0.4 is 5.32 Å². The lowest BCUT2D eigenvalue weighted by atomic mass is 9.92. The standard InChI is InChI=1S/C15H23ClN4/c1-10(16)15(5,6)18-13-11-9-12(14(2,3)4)19-20(11)8-7-17-13/h7-10H,1-6H3,(H,17,18). The zero-order valence-electron chi connectivity index (χ0n) is 13.0. The summed E-state index contributed by atoms with van der Waals surface area (Å²) in [7, 11) is 0. The number of fused-ring (bicyclic) bond motifs is 1. The minimum absolute atomic E-state index is 0.0125. The summed E-state index contributed by atoms with van der Waals surface area (Å²) in [6.07, 6.45) is 3.62. The van der Waals surface area contributed by atoms with Gasteiger partial charge in [-0.1, -0.05) is 20.8 Å². The van der Waals surface area contributed by atoms with Gasteiger partial charge < -0.3 is 5.32 Å². The van der Waals surface area contributed by atoms with Crippen LogP contribution in [0.15, 0.2) is 18.5 Å². The van der Waals surface area contributed by atoms with Gasteiger partial charge in [0.15, 0.2) is 5.82 Å². The number of hydrogen-bond donors (Lipinski definition) is 1. The summed E-state index contributed by atoms with van der Waals surface area (Å²) >= 11 is 6.24. The van der Waals surface area contributed by atoms with Gasteiger partial charge in [-0.2, -0.15) is 5.10 Å². The Hall–Kier alpha value is -1.29. The van der Waals surface area contributed by atoms with Gasteiger partial charge in [0.05, 0.1) is 11.1 Å². The molecule has 2 aromatic rings. The van der Waals surface area contributed by atoms with E-state index in [9.17, 15) is 0 Å². The third-order valence-corrected chi connectivity index (χ3v) is 4.14. The Labute approximate surface area is 125 Å². The second-order valence-electron chi connectivity index (χ2n) is 6.85. The molecule has 0 aliphatic carbocycles. The van der Waals surface area contributed by atoms with Crippen LogP contribution >= 0.6 is 11.6 Å². The molecule has 0 aliphatic heterocycles. The molecular formula is C15H23ClN4. The predicted octanol–water partition coefficient (Wildman–Crippen LogP) is 3.84. The minimum Gasteiger partial charge on any atom is -0.362 e. The Bertz CT molecular complexity index is 608. The molecule has 5 heteroatoms. The molecule has 0 aromatic carbocycles. The average molecular weight is 295 g/mol. The highest BCUT2D eigenvalue weighted by atomic mass is 35.5. The molecule has 1 N–H and O–H groups in total. The fourth-order valence-corrected chi connectivity index (χ4v) is 1.84. The molecule has 2 heterocycles. The molecule has 0 bridgehead atoms. The summed E-state index contributed by atoms with van der Waals surface area (Å²) in [4.78, 5) is 4.44. The van der Waals surface area contributed by atoms with Gasteiger partial charge in [0.1, 0.15) is 5.52 Å². The lowest BCUT2D eigenvalue weighted by molar-refractivity contribution is 0.552. The zero-order chi connectivity index (χ0) is 15.1. The van der Waals surface area contributed by atoms with E-state index in [1.165, 1.54) is 0 Å². The van der Waals surface area contributed by atoms with E-state index in [1.54, 1.807) is 6.20 Å². The van der Waals surface area contributed by atoms with Gasteiger partial charge in [-0.05, 0) is 26.8 Å². The maximum Gasteiger partial charge on any atom is 0.152 e. The van der Waals surface area contributed by atoms with E-state index in [0.717, 1.165) is 17.0 Å².